The lowest BCUT2D eigenvalue weighted by Crippen LogP contribution is -2.38. The van der Waals surface area contributed by atoms with Crippen LogP contribution in [0.3, 0.4) is 0 Å². The SMILES string of the molecule is Cc1ccc2c(oc3nc4c(cc32)-c2ccccc2C4(C(C)C)C(C)C)c1-c1cccc[n+]1C.Cc1ccc2c(oc3nc4c(cc32)-c2ccccc2C4(CC(C)(C)C)CC(C)(C)C)c1-c1cccc[n+]1C.Cc1ccc2c(oc3nc4c(cc32)-c2ccccc2C4(CC(C)C)CC(C)C)c1-c1cccc[n+]1C.Cc1ccc2c(oc3nc4c(cc32)-c2ccccc2C42CCCC2)c1-c1cccc[n+]1C. The van der Waals surface area contributed by atoms with Crippen molar-refractivity contribution in [1.82, 2.24) is 19.9 Å². The predicted octanol–water partition coefficient (Wildman–Crippen LogP) is 31.0. The Kier molecular flexibility index (Phi) is 22.2. The van der Waals surface area contributed by atoms with Gasteiger partial charge in [0.05, 0.1) is 45.0 Å². The second kappa shape index (κ2) is 34.0. The number of hydrogen-bond acceptors (Lipinski definition) is 8. The molecule has 0 bridgehead atoms. The van der Waals surface area contributed by atoms with Gasteiger partial charge in [-0.25, -0.2) is 38.2 Å². The molecule has 1 fully saturated rings. The largest absolute Gasteiger partial charge is 0.437 e. The Morgan fingerprint density at radius 1 is 0.293 bits per heavy atom. The Balaban J connectivity index is 0.000000107. The zero-order chi connectivity index (χ0) is 97.4. The lowest BCUT2D eigenvalue weighted by molar-refractivity contribution is -0.660. The Labute approximate surface area is 823 Å². The van der Waals surface area contributed by atoms with Gasteiger partial charge in [-0.15, -0.1) is 0 Å². The van der Waals surface area contributed by atoms with Crippen molar-refractivity contribution in [3.8, 4) is 89.5 Å². The van der Waals surface area contributed by atoms with Gasteiger partial charge in [-0.05, 0) is 216 Å². The highest BCUT2D eigenvalue weighted by atomic mass is 16.4. The molecule has 702 valence electrons. The van der Waals surface area contributed by atoms with Crippen LogP contribution in [0.15, 0.2) is 285 Å². The van der Waals surface area contributed by atoms with E-state index in [1.165, 1.54) is 132 Å². The van der Waals surface area contributed by atoms with Crippen LogP contribution in [0.5, 0.6) is 0 Å². The van der Waals surface area contributed by atoms with E-state index in [0.29, 0.717) is 23.7 Å². The molecule has 1 spiro atoms. The van der Waals surface area contributed by atoms with E-state index in [2.05, 4.69) is 439 Å². The zero-order valence-corrected chi connectivity index (χ0v) is 85.6. The Morgan fingerprint density at radius 3 is 0.893 bits per heavy atom. The summed E-state index contributed by atoms with van der Waals surface area (Å²) in [4.78, 5) is 21.4. The van der Waals surface area contributed by atoms with Crippen molar-refractivity contribution in [2.45, 2.75) is 198 Å². The van der Waals surface area contributed by atoms with Crippen LogP contribution >= 0.6 is 0 Å². The number of furan rings is 4. The Hall–Kier alpha value is -13.8. The number of aromatic nitrogens is 8. The highest BCUT2D eigenvalue weighted by Crippen LogP contribution is 2.63. The van der Waals surface area contributed by atoms with E-state index < -0.39 is 0 Å². The van der Waals surface area contributed by atoms with Gasteiger partial charge in [0.1, 0.15) is 28.2 Å². The first-order chi connectivity index (χ1) is 67.2. The second-order valence-electron chi connectivity index (χ2n) is 45.2. The molecule has 0 unspecified atom stereocenters. The predicted molar refractivity (Wildman–Crippen MR) is 572 cm³/mol. The van der Waals surface area contributed by atoms with Crippen LogP contribution in [-0.2, 0) is 49.9 Å². The van der Waals surface area contributed by atoms with Crippen molar-refractivity contribution in [2.75, 3.05) is 0 Å². The molecule has 5 aliphatic rings. The van der Waals surface area contributed by atoms with Crippen molar-refractivity contribution in [3.05, 3.63) is 335 Å². The van der Waals surface area contributed by atoms with Gasteiger partial charge in [0.25, 0.3) is 0 Å². The van der Waals surface area contributed by atoms with Crippen LogP contribution in [0.1, 0.15) is 216 Å². The van der Waals surface area contributed by atoms with Gasteiger partial charge in [-0.3, -0.25) is 0 Å². The number of hydrogen-bond donors (Lipinski definition) is 0. The molecule has 0 aliphatic heterocycles. The third-order valence-corrected chi connectivity index (χ3v) is 31.7. The summed E-state index contributed by atoms with van der Waals surface area (Å²) in [7, 11) is 8.35. The van der Waals surface area contributed by atoms with Gasteiger partial charge < -0.3 is 17.7 Å². The molecule has 5 aliphatic carbocycles. The number of nitrogens with zero attached hydrogens (tertiary/aromatic N) is 8. The molecular weight excluding hydrogens is 1710 g/mol. The first kappa shape index (κ1) is 91.3. The normalized spacial score (nSPS) is 14.8. The summed E-state index contributed by atoms with van der Waals surface area (Å²) in [6, 6.07) is 88.0. The van der Waals surface area contributed by atoms with Crippen molar-refractivity contribution < 1.29 is 35.9 Å². The number of pyridine rings is 8. The smallest absolute Gasteiger partial charge is 0.227 e. The standard InChI is InChI=1S/C35H39N2O.C33H35N2O.C31H31N2O.C29H25N2O/c1-22-16-17-24-26-19-25-23-13-9-10-14-27(23)35(20-33(2,3)4,21-34(5,6)7)31(25)36-32(26)38-30(24)29(22)28-15-11-12-18-37(28)8;1-20(2)18-33(19-21(3)4)27-12-8-7-11-23(27)25-17-26-24-15-14-22(5)29(28-13-9-10-16-35(28)6)30(24)36-32(26)34-31(25)33;1-18(2)31(19(3)4)25-12-8-7-11-21(25)23-17-24-22-15-14-20(5)27(26-13-9-10-16-33(26)6)28(22)34-30(24)32-29(23)31;1-18-12-13-20-22-17-21-19-9-3-4-10-23(19)29(14-6-7-15-29)27(21)30-28(22)32-26(20)25(18)24-11-5-8-16-31(24)2/h9-19H,20-21H2,1-8H3;7-17,20-21H,18-19H2,1-6H3;7-19H,1-6H3;3-5,8-13,16-17H,6-7,14-15H2,1-2H3/q4*+1. The maximum Gasteiger partial charge on any atom is 0.227 e. The fraction of sp³-hybridized carbons (Fsp3) is 0.312. The molecule has 12 heterocycles. The first-order valence-corrected chi connectivity index (χ1v) is 50.9. The van der Waals surface area contributed by atoms with Gasteiger partial charge in [-0.1, -0.05) is 255 Å². The van der Waals surface area contributed by atoms with Crippen molar-refractivity contribution in [2.24, 2.45) is 62.7 Å². The van der Waals surface area contributed by atoms with Crippen molar-refractivity contribution in [3.63, 3.8) is 0 Å². The van der Waals surface area contributed by atoms with E-state index in [1.54, 1.807) is 0 Å². The van der Waals surface area contributed by atoms with Crippen LogP contribution < -0.4 is 18.3 Å². The molecule has 0 radical (unpaired) electrons. The van der Waals surface area contributed by atoms with Crippen LogP contribution in [0.25, 0.3) is 178 Å². The highest BCUT2D eigenvalue weighted by Gasteiger charge is 2.53. The second-order valence-corrected chi connectivity index (χ2v) is 45.2. The van der Waals surface area contributed by atoms with Gasteiger partial charge >= 0.3 is 0 Å². The molecule has 8 aromatic carbocycles. The maximum atomic E-state index is 6.73. The summed E-state index contributed by atoms with van der Waals surface area (Å²) in [6.07, 6.45) is 17.5. The summed E-state index contributed by atoms with van der Waals surface area (Å²) in [5.41, 5.74) is 41.5. The Bertz CT molecular complexity index is 8400. The van der Waals surface area contributed by atoms with Gasteiger partial charge in [0.2, 0.25) is 45.6 Å². The van der Waals surface area contributed by atoms with Gasteiger partial charge in [0, 0.05) is 136 Å². The fourth-order valence-corrected chi connectivity index (χ4v) is 26.5. The molecule has 0 atom stereocenters. The van der Waals surface area contributed by atoms with E-state index in [9.17, 15) is 0 Å². The summed E-state index contributed by atoms with van der Waals surface area (Å²) in [5.74, 6) is 1.93. The molecule has 12 aromatic heterocycles. The minimum Gasteiger partial charge on any atom is -0.437 e. The van der Waals surface area contributed by atoms with Crippen molar-refractivity contribution in [1.29, 1.82) is 0 Å². The maximum absolute atomic E-state index is 6.73. The summed E-state index contributed by atoms with van der Waals surface area (Å²) < 4.78 is 35.2. The molecular formula is C128H130N8O4+4. The van der Waals surface area contributed by atoms with Crippen molar-refractivity contribution >= 4 is 88.3 Å². The molecule has 0 N–H and O–H groups in total. The number of fused-ring (bicyclic) bond motifs is 26. The molecule has 25 rings (SSSR count). The fourth-order valence-electron chi connectivity index (χ4n) is 26.5. The average molecular weight is 1840 g/mol. The lowest BCUT2D eigenvalue weighted by atomic mass is 9.63. The third-order valence-electron chi connectivity index (χ3n) is 31.7. The molecule has 0 saturated heterocycles. The molecule has 12 nitrogen and oxygen atoms in total. The van der Waals surface area contributed by atoms with E-state index in [1.807, 2.05) is 0 Å². The topological polar surface area (TPSA) is 120 Å². The molecule has 0 amide bonds. The number of rotatable bonds is 12. The summed E-state index contributed by atoms with van der Waals surface area (Å²) in [6.45, 7) is 41.4. The summed E-state index contributed by atoms with van der Waals surface area (Å²) in [5, 5.41) is 8.92. The monoisotopic (exact) mass is 1840 g/mol. The van der Waals surface area contributed by atoms with Gasteiger partial charge in [0.15, 0.2) is 47.1 Å². The minimum absolute atomic E-state index is 0.0592. The number of benzene rings is 8. The molecule has 20 aromatic rings. The van der Waals surface area contributed by atoms with E-state index in [-0.39, 0.29) is 32.5 Å². The molecule has 12 heteroatoms. The third kappa shape index (κ3) is 14.4. The zero-order valence-electron chi connectivity index (χ0n) is 85.6. The van der Waals surface area contributed by atoms with Crippen LogP contribution in [-0.4, -0.2) is 19.9 Å². The van der Waals surface area contributed by atoms with Gasteiger partial charge in [-0.2, -0.15) is 0 Å². The number of aryl methyl sites for hydroxylation is 8. The highest BCUT2D eigenvalue weighted by molar-refractivity contribution is 6.14. The average Bonchev–Trinajstić information content (AvgIpc) is 1.55. The summed E-state index contributed by atoms with van der Waals surface area (Å²) >= 11 is 0. The minimum atomic E-state index is -0.166. The van der Waals surface area contributed by atoms with Crippen LogP contribution in [0.4, 0.5) is 0 Å². The molecule has 1 saturated carbocycles. The lowest BCUT2D eigenvalue weighted by Gasteiger charge is -2.41. The van der Waals surface area contributed by atoms with E-state index in [0.717, 1.165) is 165 Å². The first-order valence-electron chi connectivity index (χ1n) is 50.9. The van der Waals surface area contributed by atoms with Crippen LogP contribution in [0.2, 0.25) is 0 Å². The van der Waals surface area contributed by atoms with E-state index in [4.69, 9.17) is 37.6 Å². The quantitative estimate of drug-likeness (QED) is 0.111. The van der Waals surface area contributed by atoms with E-state index >= 15 is 0 Å². The molecule has 140 heavy (non-hydrogen) atoms. The van der Waals surface area contributed by atoms with Crippen LogP contribution in [0, 0.1) is 62.2 Å². The Morgan fingerprint density at radius 2 is 0.564 bits per heavy atom.